The van der Waals surface area contributed by atoms with Crippen LogP contribution in [0.25, 0.3) is 0 Å². The molecule has 0 bridgehead atoms. The third-order valence-electron chi connectivity index (χ3n) is 6.98. The Hall–Kier alpha value is 2.06. The molecule has 44 heavy (non-hydrogen) atoms. The van der Waals surface area contributed by atoms with Crippen LogP contribution in [0, 0.1) is 0 Å². The van der Waals surface area contributed by atoms with Crippen LogP contribution in [0.1, 0.15) is 168 Å². The largest absolute Gasteiger partial charge is 1.00 e. The van der Waals surface area contributed by atoms with Crippen LogP contribution in [0.4, 0.5) is 0 Å². The average Bonchev–Trinajstić information content (AvgIpc) is 2.94. The summed E-state index contributed by atoms with van der Waals surface area (Å²) in [5, 5.41) is 0. The molecule has 0 radical (unpaired) electrons. The maximum atomic E-state index is 8.52. The predicted molar refractivity (Wildman–Crippen MR) is 180 cm³/mol. The van der Waals surface area contributed by atoms with E-state index in [0.717, 1.165) is 26.1 Å². The first-order chi connectivity index (χ1) is 20.4. The van der Waals surface area contributed by atoms with Gasteiger partial charge in [-0.3, -0.25) is 8.42 Å². The Morgan fingerprint density at radius 1 is 0.432 bits per heavy atom. The first kappa shape index (κ1) is 52.9. The summed E-state index contributed by atoms with van der Waals surface area (Å²) < 4.78 is 39.9. The topological polar surface area (TPSA) is 89.5 Å². The summed E-state index contributed by atoms with van der Waals surface area (Å²) in [7, 11) is -5.17. The number of hydrogen-bond acceptors (Lipinski definition) is 5. The Morgan fingerprint density at radius 2 is 0.682 bits per heavy atom. The monoisotopic (exact) mass is 688 g/mol. The third kappa shape index (κ3) is 62.8. The molecule has 0 spiro atoms. The van der Waals surface area contributed by atoms with Crippen LogP contribution in [0.3, 0.4) is 0 Å². The van der Waals surface area contributed by atoms with Gasteiger partial charge in [-0.2, -0.15) is 0 Å². The molecule has 5 nitrogen and oxygen atoms in total. The SMILES string of the molecule is CCCCC/C=C\C/C=C\CCCCCCCCOCCCCCCCC/C=C\C/C=C\CCCCC.O=S(=O)([O-])[O-].[K+].[K+]. The maximum Gasteiger partial charge on any atom is 1.00 e. The van der Waals surface area contributed by atoms with Crippen LogP contribution < -0.4 is 103 Å². The van der Waals surface area contributed by atoms with Gasteiger partial charge in [0.15, 0.2) is 0 Å². The van der Waals surface area contributed by atoms with Crippen molar-refractivity contribution in [3.05, 3.63) is 48.6 Å². The molecule has 0 rings (SSSR count). The first-order valence-corrected chi connectivity index (χ1v) is 18.6. The molecule has 0 aromatic carbocycles. The van der Waals surface area contributed by atoms with Crippen LogP contribution in [0.15, 0.2) is 48.6 Å². The molecule has 248 valence electrons. The van der Waals surface area contributed by atoms with Gasteiger partial charge in [-0.15, -0.1) is 0 Å². The summed E-state index contributed by atoms with van der Waals surface area (Å²) in [6.45, 7) is 6.47. The zero-order valence-corrected chi connectivity index (χ0v) is 36.5. The molecule has 0 fully saturated rings. The van der Waals surface area contributed by atoms with Crippen molar-refractivity contribution < 1.29 is 125 Å². The minimum absolute atomic E-state index is 0. The molecule has 8 heteroatoms. The molecule has 0 aliphatic carbocycles. The molecule has 0 heterocycles. The Kier molecular flexibility index (Phi) is 56.7. The van der Waals surface area contributed by atoms with Gasteiger partial charge in [-0.1, -0.05) is 140 Å². The van der Waals surface area contributed by atoms with Crippen molar-refractivity contribution >= 4 is 10.4 Å². The van der Waals surface area contributed by atoms with Gasteiger partial charge < -0.3 is 13.8 Å². The number of hydrogen-bond donors (Lipinski definition) is 0. The van der Waals surface area contributed by atoms with E-state index in [9.17, 15) is 0 Å². The summed E-state index contributed by atoms with van der Waals surface area (Å²) in [5.74, 6) is 0. The first-order valence-electron chi connectivity index (χ1n) is 17.3. The van der Waals surface area contributed by atoms with Crippen LogP contribution in [0.2, 0.25) is 0 Å². The van der Waals surface area contributed by atoms with Gasteiger partial charge in [0.25, 0.3) is 0 Å². The van der Waals surface area contributed by atoms with Crippen molar-refractivity contribution in [2.75, 3.05) is 13.2 Å². The second-order valence-electron chi connectivity index (χ2n) is 11.2. The van der Waals surface area contributed by atoms with E-state index in [1.807, 2.05) is 0 Å². The zero-order chi connectivity index (χ0) is 31.2. The van der Waals surface area contributed by atoms with E-state index >= 15 is 0 Å². The summed E-state index contributed by atoms with van der Waals surface area (Å²) in [6.07, 6.45) is 50.2. The predicted octanol–water partition coefficient (Wildman–Crippen LogP) is 5.30. The van der Waals surface area contributed by atoms with Gasteiger partial charge in [0.1, 0.15) is 0 Å². The minimum Gasteiger partial charge on any atom is -0.759 e. The number of allylic oxidation sites excluding steroid dienone is 8. The van der Waals surface area contributed by atoms with E-state index in [4.69, 9.17) is 22.3 Å². The fraction of sp³-hybridized carbons (Fsp3) is 0.778. The second kappa shape index (κ2) is 47.2. The normalized spacial score (nSPS) is 11.7. The van der Waals surface area contributed by atoms with Crippen molar-refractivity contribution in [2.45, 2.75) is 168 Å². The van der Waals surface area contributed by atoms with Gasteiger partial charge in [0, 0.05) is 23.6 Å². The summed E-state index contributed by atoms with van der Waals surface area (Å²) in [5.41, 5.74) is 0. The molecule has 0 unspecified atom stereocenters. The smallest absolute Gasteiger partial charge is 0.759 e. The Bertz CT molecular complexity index is 683. The van der Waals surface area contributed by atoms with Gasteiger partial charge in [-0.05, 0) is 77.0 Å². The Labute approximate surface area is 359 Å². The van der Waals surface area contributed by atoms with E-state index in [1.54, 1.807) is 0 Å². The van der Waals surface area contributed by atoms with E-state index in [-0.39, 0.29) is 103 Å². The number of rotatable bonds is 30. The maximum absolute atomic E-state index is 8.52. The molecular weight excluding hydrogens is 623 g/mol. The fourth-order valence-corrected chi connectivity index (χ4v) is 4.49. The molecule has 0 aliphatic rings. The molecule has 0 amide bonds. The minimum atomic E-state index is -5.17. The molecule has 0 saturated carbocycles. The molecule has 0 aromatic rings. The molecule has 0 aromatic heterocycles. The van der Waals surface area contributed by atoms with E-state index in [1.165, 1.54) is 141 Å². The van der Waals surface area contributed by atoms with Crippen molar-refractivity contribution in [3.63, 3.8) is 0 Å². The van der Waals surface area contributed by atoms with Gasteiger partial charge in [0.2, 0.25) is 0 Å². The number of unbranched alkanes of at least 4 members (excludes halogenated alkanes) is 18. The van der Waals surface area contributed by atoms with Crippen LogP contribution in [-0.4, -0.2) is 30.7 Å². The van der Waals surface area contributed by atoms with Gasteiger partial charge >= 0.3 is 103 Å². The standard InChI is InChI=1S/C36H66O.2K.H2O4S/c1-3-5-7-9-11-13-15-17-19-21-23-25-27-29-31-33-35-37-36-34-32-30-28-26-24-22-20-18-16-14-12-10-8-6-4-2;;;1-5(2,3)4/h11-14,17-20H,3-10,15-16,21-36H2,1-2H3;;;(H2,1,2,3,4)/q;2*+1;/p-2/b13-11-,14-12-,19-17-,20-18-;;;. The van der Waals surface area contributed by atoms with E-state index < -0.39 is 10.4 Å². The molecule has 0 aliphatic heterocycles. The van der Waals surface area contributed by atoms with Crippen LogP contribution in [0.5, 0.6) is 0 Å². The van der Waals surface area contributed by atoms with Crippen molar-refractivity contribution in [3.8, 4) is 0 Å². The molecule has 0 N–H and O–H groups in total. The third-order valence-corrected chi connectivity index (χ3v) is 6.98. The quantitative estimate of drug-likeness (QED) is 0.0336. The van der Waals surface area contributed by atoms with Crippen molar-refractivity contribution in [1.29, 1.82) is 0 Å². The second-order valence-corrected chi connectivity index (χ2v) is 12.0. The van der Waals surface area contributed by atoms with Crippen LogP contribution in [-0.2, 0) is 15.1 Å². The Morgan fingerprint density at radius 3 is 0.977 bits per heavy atom. The average molecular weight is 689 g/mol. The summed E-state index contributed by atoms with van der Waals surface area (Å²) >= 11 is 0. The molecular formula is C36H66K2O5S. The van der Waals surface area contributed by atoms with Crippen molar-refractivity contribution in [2.24, 2.45) is 0 Å². The molecule has 0 atom stereocenters. The zero-order valence-electron chi connectivity index (χ0n) is 29.5. The molecule has 0 saturated heterocycles. The van der Waals surface area contributed by atoms with Gasteiger partial charge in [0.05, 0.1) is 0 Å². The van der Waals surface area contributed by atoms with E-state index in [0.29, 0.717) is 0 Å². The van der Waals surface area contributed by atoms with Crippen LogP contribution >= 0.6 is 0 Å². The number of ether oxygens (including phenoxy) is 1. The fourth-order valence-electron chi connectivity index (χ4n) is 4.49. The van der Waals surface area contributed by atoms with E-state index in [2.05, 4.69) is 62.5 Å². The summed E-state index contributed by atoms with van der Waals surface area (Å²) in [6, 6.07) is 0. The van der Waals surface area contributed by atoms with Crippen molar-refractivity contribution in [1.82, 2.24) is 0 Å². The summed E-state index contributed by atoms with van der Waals surface area (Å²) in [4.78, 5) is 0. The Balaban J connectivity index is -0.00000105. The van der Waals surface area contributed by atoms with Gasteiger partial charge in [-0.25, -0.2) is 0 Å².